The molecule has 0 spiro atoms. The predicted octanol–water partition coefficient (Wildman–Crippen LogP) is 3.90. The minimum atomic E-state index is -0.730. The molecule has 2 nitrogen and oxygen atoms in total. The summed E-state index contributed by atoms with van der Waals surface area (Å²) in [7, 11) is 1.62. The van der Waals surface area contributed by atoms with Gasteiger partial charge in [-0.25, -0.2) is 4.39 Å². The molecule has 1 N–H and O–H groups in total. The highest BCUT2D eigenvalue weighted by molar-refractivity contribution is 6.31. The Labute approximate surface area is 122 Å². The van der Waals surface area contributed by atoms with Crippen molar-refractivity contribution in [2.75, 3.05) is 7.11 Å². The second-order valence-electron chi connectivity index (χ2n) is 4.61. The van der Waals surface area contributed by atoms with Crippen molar-refractivity contribution in [2.45, 2.75) is 19.1 Å². The lowest BCUT2D eigenvalue weighted by atomic mass is 10.00. The van der Waals surface area contributed by atoms with Crippen LogP contribution in [0.1, 0.15) is 22.8 Å². The molecule has 2 aromatic carbocycles. The highest BCUT2D eigenvalue weighted by Gasteiger charge is 2.13. The fourth-order valence-electron chi connectivity index (χ4n) is 2.09. The van der Waals surface area contributed by atoms with Gasteiger partial charge in [0.05, 0.1) is 17.7 Å². The van der Waals surface area contributed by atoms with Crippen molar-refractivity contribution < 1.29 is 14.2 Å². The maximum atomic E-state index is 13.4. The third kappa shape index (κ3) is 3.57. The molecule has 20 heavy (non-hydrogen) atoms. The second kappa shape index (κ2) is 6.84. The van der Waals surface area contributed by atoms with Crippen molar-refractivity contribution in [2.24, 2.45) is 0 Å². The number of methoxy groups -OCH3 is 1. The second-order valence-corrected chi connectivity index (χ2v) is 4.99. The van der Waals surface area contributed by atoms with E-state index in [0.717, 1.165) is 11.1 Å². The third-order valence-electron chi connectivity index (χ3n) is 3.09. The third-order valence-corrected chi connectivity index (χ3v) is 3.51. The maximum absolute atomic E-state index is 13.4. The molecule has 0 heterocycles. The molecular formula is C16H16ClFO2. The van der Waals surface area contributed by atoms with E-state index in [2.05, 4.69) is 0 Å². The lowest BCUT2D eigenvalue weighted by molar-refractivity contribution is 0.175. The molecule has 2 aromatic rings. The van der Waals surface area contributed by atoms with Gasteiger partial charge in [0, 0.05) is 13.5 Å². The van der Waals surface area contributed by atoms with E-state index in [1.54, 1.807) is 19.2 Å². The number of ether oxygens (including phenoxy) is 1. The number of aliphatic hydroxyl groups excluding tert-OH is 1. The summed E-state index contributed by atoms with van der Waals surface area (Å²) in [5, 5.41) is 10.3. The molecule has 0 saturated heterocycles. The largest absolute Gasteiger partial charge is 0.388 e. The Kier molecular flexibility index (Phi) is 5.12. The zero-order chi connectivity index (χ0) is 14.5. The van der Waals surface area contributed by atoms with Crippen LogP contribution in [0, 0.1) is 5.82 Å². The van der Waals surface area contributed by atoms with Gasteiger partial charge in [0.1, 0.15) is 5.82 Å². The van der Waals surface area contributed by atoms with Crippen molar-refractivity contribution in [1.29, 1.82) is 0 Å². The summed E-state index contributed by atoms with van der Waals surface area (Å²) in [4.78, 5) is 0. The van der Waals surface area contributed by atoms with Crippen molar-refractivity contribution >= 4 is 11.6 Å². The van der Waals surface area contributed by atoms with Crippen LogP contribution in [0.5, 0.6) is 0 Å². The van der Waals surface area contributed by atoms with E-state index in [-0.39, 0.29) is 11.4 Å². The van der Waals surface area contributed by atoms with Gasteiger partial charge in [-0.05, 0) is 22.8 Å². The van der Waals surface area contributed by atoms with Gasteiger partial charge in [0.15, 0.2) is 0 Å². The molecule has 0 amide bonds. The number of halogens is 2. The molecule has 0 aromatic heterocycles. The van der Waals surface area contributed by atoms with Gasteiger partial charge in [-0.1, -0.05) is 48.0 Å². The van der Waals surface area contributed by atoms with E-state index >= 15 is 0 Å². The summed E-state index contributed by atoms with van der Waals surface area (Å²) in [5.41, 5.74) is 2.34. The van der Waals surface area contributed by atoms with E-state index in [9.17, 15) is 9.50 Å². The van der Waals surface area contributed by atoms with Crippen molar-refractivity contribution in [3.63, 3.8) is 0 Å². The van der Waals surface area contributed by atoms with Crippen molar-refractivity contribution in [3.8, 4) is 0 Å². The Balaban J connectivity index is 2.17. The zero-order valence-electron chi connectivity index (χ0n) is 11.1. The Morgan fingerprint density at radius 3 is 2.75 bits per heavy atom. The van der Waals surface area contributed by atoms with Crippen LogP contribution in [-0.4, -0.2) is 12.2 Å². The number of hydrogen-bond donors (Lipinski definition) is 1. The van der Waals surface area contributed by atoms with E-state index in [1.807, 2.05) is 24.3 Å². The van der Waals surface area contributed by atoms with E-state index in [4.69, 9.17) is 16.3 Å². The lowest BCUT2D eigenvalue weighted by Crippen LogP contribution is -2.04. The van der Waals surface area contributed by atoms with Crippen LogP contribution in [0.25, 0.3) is 0 Å². The first-order valence-corrected chi connectivity index (χ1v) is 6.68. The number of hydrogen-bond acceptors (Lipinski definition) is 2. The first-order chi connectivity index (χ1) is 9.61. The average molecular weight is 295 g/mol. The van der Waals surface area contributed by atoms with Crippen molar-refractivity contribution in [3.05, 3.63) is 70.0 Å². The highest BCUT2D eigenvalue weighted by atomic mass is 35.5. The molecule has 1 unspecified atom stereocenters. The van der Waals surface area contributed by atoms with Gasteiger partial charge in [-0.15, -0.1) is 0 Å². The van der Waals surface area contributed by atoms with E-state index in [0.29, 0.717) is 12.2 Å². The molecule has 0 aliphatic rings. The van der Waals surface area contributed by atoms with Gasteiger partial charge in [0.2, 0.25) is 0 Å². The first-order valence-electron chi connectivity index (χ1n) is 6.30. The molecule has 2 rings (SSSR count). The Bertz CT molecular complexity index is 586. The lowest BCUT2D eigenvalue weighted by Gasteiger charge is -2.13. The normalized spacial score (nSPS) is 12.4. The maximum Gasteiger partial charge on any atom is 0.142 e. The standard InChI is InChI=1S/C16H16ClFO2/c1-20-10-11-4-2-5-12(8-11)15(19)9-13-6-3-7-14(18)16(13)17/h2-8,15,19H,9-10H2,1H3. The van der Waals surface area contributed by atoms with Crippen LogP contribution >= 0.6 is 11.6 Å². The fraction of sp³-hybridized carbons (Fsp3) is 0.250. The van der Waals surface area contributed by atoms with Gasteiger partial charge >= 0.3 is 0 Å². The molecule has 0 saturated carbocycles. The summed E-state index contributed by atoms with van der Waals surface area (Å²) >= 11 is 5.90. The van der Waals surface area contributed by atoms with Gasteiger partial charge < -0.3 is 9.84 Å². The molecule has 1 atom stereocenters. The monoisotopic (exact) mass is 294 g/mol. The summed E-state index contributed by atoms with van der Waals surface area (Å²) in [6, 6.07) is 12.1. The van der Waals surface area contributed by atoms with Crippen LogP contribution in [0.15, 0.2) is 42.5 Å². The van der Waals surface area contributed by atoms with Crippen LogP contribution in [-0.2, 0) is 17.8 Å². The average Bonchev–Trinajstić information content (AvgIpc) is 2.44. The van der Waals surface area contributed by atoms with Crippen LogP contribution in [0.3, 0.4) is 0 Å². The van der Waals surface area contributed by atoms with E-state index < -0.39 is 11.9 Å². The predicted molar refractivity (Wildman–Crippen MR) is 77.2 cm³/mol. The van der Waals surface area contributed by atoms with Crippen molar-refractivity contribution in [1.82, 2.24) is 0 Å². The number of aliphatic hydroxyl groups is 1. The first kappa shape index (κ1) is 15.0. The molecule has 0 aliphatic heterocycles. The molecule has 0 radical (unpaired) electrons. The zero-order valence-corrected chi connectivity index (χ0v) is 11.9. The minimum Gasteiger partial charge on any atom is -0.388 e. The number of rotatable bonds is 5. The molecular weight excluding hydrogens is 279 g/mol. The minimum absolute atomic E-state index is 0.0691. The van der Waals surface area contributed by atoms with Gasteiger partial charge in [-0.2, -0.15) is 0 Å². The van der Waals surface area contributed by atoms with Crippen LogP contribution < -0.4 is 0 Å². The highest BCUT2D eigenvalue weighted by Crippen LogP contribution is 2.26. The molecule has 0 fully saturated rings. The van der Waals surface area contributed by atoms with Gasteiger partial charge in [0.25, 0.3) is 0 Å². The Morgan fingerprint density at radius 1 is 1.25 bits per heavy atom. The van der Waals surface area contributed by atoms with Gasteiger partial charge in [-0.3, -0.25) is 0 Å². The fourth-order valence-corrected chi connectivity index (χ4v) is 2.29. The summed E-state index contributed by atoms with van der Waals surface area (Å²) < 4.78 is 18.4. The topological polar surface area (TPSA) is 29.5 Å². The summed E-state index contributed by atoms with van der Waals surface area (Å²) in [6.45, 7) is 0.487. The Hall–Kier alpha value is -1.42. The van der Waals surface area contributed by atoms with E-state index in [1.165, 1.54) is 6.07 Å². The Morgan fingerprint density at radius 2 is 2.00 bits per heavy atom. The van der Waals surface area contributed by atoms with Crippen LogP contribution in [0.4, 0.5) is 4.39 Å². The molecule has 0 aliphatic carbocycles. The number of benzene rings is 2. The molecule has 0 bridgehead atoms. The molecule has 106 valence electrons. The quantitative estimate of drug-likeness (QED) is 0.906. The summed E-state index contributed by atoms with van der Waals surface area (Å²) in [6.07, 6.45) is -0.460. The SMILES string of the molecule is COCc1cccc(C(O)Cc2cccc(F)c2Cl)c1. The van der Waals surface area contributed by atoms with Crippen LogP contribution in [0.2, 0.25) is 5.02 Å². The summed E-state index contributed by atoms with van der Waals surface area (Å²) in [5.74, 6) is -0.468. The molecule has 4 heteroatoms. The smallest absolute Gasteiger partial charge is 0.142 e.